The predicted octanol–water partition coefficient (Wildman–Crippen LogP) is 2.57. The first-order chi connectivity index (χ1) is 9.20. The SMILES string of the molecule is CCNC(CSc1nncn1C)c1ccc(C)cc1. The van der Waals surface area contributed by atoms with Gasteiger partial charge in [0.25, 0.3) is 0 Å². The van der Waals surface area contributed by atoms with E-state index >= 15 is 0 Å². The number of nitrogens with one attached hydrogen (secondary N) is 1. The molecule has 1 unspecified atom stereocenters. The fourth-order valence-corrected chi connectivity index (χ4v) is 2.86. The molecule has 0 aliphatic heterocycles. The molecule has 1 aromatic heterocycles. The summed E-state index contributed by atoms with van der Waals surface area (Å²) in [5.41, 5.74) is 2.61. The smallest absolute Gasteiger partial charge is 0.190 e. The van der Waals surface area contributed by atoms with Crippen LogP contribution in [0.4, 0.5) is 0 Å². The zero-order valence-electron chi connectivity index (χ0n) is 11.6. The van der Waals surface area contributed by atoms with Crippen LogP contribution < -0.4 is 5.32 Å². The van der Waals surface area contributed by atoms with E-state index in [1.54, 1.807) is 18.1 Å². The Morgan fingerprint density at radius 1 is 1.32 bits per heavy atom. The van der Waals surface area contributed by atoms with Gasteiger partial charge in [-0.15, -0.1) is 10.2 Å². The van der Waals surface area contributed by atoms with Crippen LogP contribution >= 0.6 is 11.8 Å². The lowest BCUT2D eigenvalue weighted by molar-refractivity contribution is 0.604. The van der Waals surface area contributed by atoms with E-state index in [0.29, 0.717) is 6.04 Å². The van der Waals surface area contributed by atoms with Gasteiger partial charge in [-0.1, -0.05) is 48.5 Å². The van der Waals surface area contributed by atoms with E-state index < -0.39 is 0 Å². The van der Waals surface area contributed by atoms with E-state index in [1.165, 1.54) is 11.1 Å². The Morgan fingerprint density at radius 2 is 2.05 bits per heavy atom. The third-order valence-corrected chi connectivity index (χ3v) is 4.11. The number of aromatic nitrogens is 3. The standard InChI is InChI=1S/C14H20N4S/c1-4-15-13(12-7-5-11(2)6-8-12)9-19-14-17-16-10-18(14)3/h5-8,10,13,15H,4,9H2,1-3H3. The Morgan fingerprint density at radius 3 is 2.63 bits per heavy atom. The number of rotatable bonds is 6. The summed E-state index contributed by atoms with van der Waals surface area (Å²) >= 11 is 1.73. The maximum absolute atomic E-state index is 4.10. The summed E-state index contributed by atoms with van der Waals surface area (Å²) in [7, 11) is 1.97. The zero-order valence-corrected chi connectivity index (χ0v) is 12.4. The molecule has 2 aromatic rings. The summed E-state index contributed by atoms with van der Waals surface area (Å²) in [4.78, 5) is 0. The van der Waals surface area contributed by atoms with E-state index in [1.807, 2.05) is 11.6 Å². The molecule has 1 N–H and O–H groups in total. The molecule has 0 spiro atoms. The molecular weight excluding hydrogens is 256 g/mol. The number of benzene rings is 1. The fraction of sp³-hybridized carbons (Fsp3) is 0.429. The topological polar surface area (TPSA) is 42.7 Å². The highest BCUT2D eigenvalue weighted by atomic mass is 32.2. The first-order valence-corrected chi connectivity index (χ1v) is 7.46. The van der Waals surface area contributed by atoms with Crippen LogP contribution in [0.5, 0.6) is 0 Å². The van der Waals surface area contributed by atoms with E-state index in [-0.39, 0.29) is 0 Å². The lowest BCUT2D eigenvalue weighted by Crippen LogP contribution is -2.23. The summed E-state index contributed by atoms with van der Waals surface area (Å²) in [6.07, 6.45) is 1.73. The summed E-state index contributed by atoms with van der Waals surface area (Å²) in [5.74, 6) is 0.948. The Balaban J connectivity index is 2.04. The van der Waals surface area contributed by atoms with Crippen molar-refractivity contribution < 1.29 is 0 Å². The van der Waals surface area contributed by atoms with Crippen LogP contribution in [0.25, 0.3) is 0 Å². The van der Waals surface area contributed by atoms with Crippen LogP contribution in [0.15, 0.2) is 35.7 Å². The average molecular weight is 276 g/mol. The van der Waals surface area contributed by atoms with Gasteiger partial charge in [0.2, 0.25) is 0 Å². The molecule has 5 heteroatoms. The largest absolute Gasteiger partial charge is 0.312 e. The molecule has 1 aromatic carbocycles. The van der Waals surface area contributed by atoms with E-state index in [9.17, 15) is 0 Å². The predicted molar refractivity (Wildman–Crippen MR) is 79.3 cm³/mol. The molecule has 1 atom stereocenters. The highest BCUT2D eigenvalue weighted by Crippen LogP contribution is 2.23. The summed E-state index contributed by atoms with van der Waals surface area (Å²) in [5, 5.41) is 12.5. The molecule has 2 rings (SSSR count). The van der Waals surface area contributed by atoms with Crippen molar-refractivity contribution in [2.75, 3.05) is 12.3 Å². The van der Waals surface area contributed by atoms with E-state index in [0.717, 1.165) is 17.5 Å². The Bertz CT molecular complexity index is 506. The van der Waals surface area contributed by atoms with Gasteiger partial charge in [0.1, 0.15) is 6.33 Å². The minimum atomic E-state index is 0.340. The summed E-state index contributed by atoms with van der Waals surface area (Å²) in [6, 6.07) is 9.05. The molecule has 0 bridgehead atoms. The molecule has 19 heavy (non-hydrogen) atoms. The van der Waals surface area contributed by atoms with Gasteiger partial charge in [-0.25, -0.2) is 0 Å². The van der Waals surface area contributed by atoms with Gasteiger partial charge < -0.3 is 9.88 Å². The van der Waals surface area contributed by atoms with Gasteiger partial charge in [-0.2, -0.15) is 0 Å². The molecule has 4 nitrogen and oxygen atoms in total. The lowest BCUT2D eigenvalue weighted by atomic mass is 10.1. The first kappa shape index (κ1) is 14.1. The van der Waals surface area contributed by atoms with Crippen LogP contribution in [0.3, 0.4) is 0 Å². The van der Waals surface area contributed by atoms with E-state index in [4.69, 9.17) is 0 Å². The third-order valence-electron chi connectivity index (χ3n) is 2.98. The van der Waals surface area contributed by atoms with Crippen LogP contribution in [0.1, 0.15) is 24.1 Å². The second-order valence-corrected chi connectivity index (χ2v) is 5.54. The van der Waals surface area contributed by atoms with Gasteiger partial charge in [-0.05, 0) is 19.0 Å². The minimum Gasteiger partial charge on any atom is -0.312 e. The van der Waals surface area contributed by atoms with Crippen molar-refractivity contribution in [3.8, 4) is 0 Å². The fourth-order valence-electron chi connectivity index (χ4n) is 1.88. The maximum Gasteiger partial charge on any atom is 0.190 e. The lowest BCUT2D eigenvalue weighted by Gasteiger charge is -2.17. The molecular formula is C14H20N4S. The molecule has 0 saturated carbocycles. The van der Waals surface area contributed by atoms with Crippen molar-refractivity contribution in [1.29, 1.82) is 0 Å². The number of nitrogens with zero attached hydrogens (tertiary/aromatic N) is 3. The van der Waals surface area contributed by atoms with Gasteiger partial charge in [0.05, 0.1) is 0 Å². The molecule has 102 valence electrons. The van der Waals surface area contributed by atoms with Gasteiger partial charge >= 0.3 is 0 Å². The number of hydrogen-bond acceptors (Lipinski definition) is 4. The first-order valence-electron chi connectivity index (χ1n) is 6.47. The second kappa shape index (κ2) is 6.73. The van der Waals surface area contributed by atoms with Crippen molar-refractivity contribution in [3.63, 3.8) is 0 Å². The van der Waals surface area contributed by atoms with Crippen LogP contribution in [0, 0.1) is 6.92 Å². The Hall–Kier alpha value is -1.33. The quantitative estimate of drug-likeness (QED) is 0.824. The van der Waals surface area contributed by atoms with Crippen LogP contribution in [-0.2, 0) is 7.05 Å². The Kier molecular flexibility index (Phi) is 4.99. The van der Waals surface area contributed by atoms with Crippen LogP contribution in [-0.4, -0.2) is 27.1 Å². The summed E-state index contributed by atoms with van der Waals surface area (Å²) in [6.45, 7) is 5.20. The van der Waals surface area contributed by atoms with Crippen molar-refractivity contribution in [2.45, 2.75) is 25.0 Å². The normalized spacial score (nSPS) is 12.6. The minimum absolute atomic E-state index is 0.340. The molecule has 0 amide bonds. The number of thioether (sulfide) groups is 1. The third kappa shape index (κ3) is 3.81. The van der Waals surface area contributed by atoms with E-state index in [2.05, 4.69) is 53.6 Å². The molecule has 1 heterocycles. The van der Waals surface area contributed by atoms with Crippen molar-refractivity contribution in [1.82, 2.24) is 20.1 Å². The number of aryl methyl sites for hydroxylation is 2. The highest BCUT2D eigenvalue weighted by molar-refractivity contribution is 7.99. The average Bonchev–Trinajstić information content (AvgIpc) is 2.81. The molecule has 0 aliphatic carbocycles. The Labute approximate surface area is 118 Å². The van der Waals surface area contributed by atoms with Crippen molar-refractivity contribution in [2.24, 2.45) is 7.05 Å². The molecule has 0 radical (unpaired) electrons. The summed E-state index contributed by atoms with van der Waals surface area (Å²) < 4.78 is 1.95. The van der Waals surface area contributed by atoms with Crippen molar-refractivity contribution >= 4 is 11.8 Å². The molecule has 0 fully saturated rings. The zero-order chi connectivity index (χ0) is 13.7. The monoisotopic (exact) mass is 276 g/mol. The number of hydrogen-bond donors (Lipinski definition) is 1. The second-order valence-electron chi connectivity index (χ2n) is 4.56. The van der Waals surface area contributed by atoms with Crippen molar-refractivity contribution in [3.05, 3.63) is 41.7 Å². The van der Waals surface area contributed by atoms with Crippen LogP contribution in [0.2, 0.25) is 0 Å². The highest BCUT2D eigenvalue weighted by Gasteiger charge is 2.12. The molecule has 0 aliphatic rings. The van der Waals surface area contributed by atoms with Gasteiger partial charge in [0, 0.05) is 18.8 Å². The van der Waals surface area contributed by atoms with Gasteiger partial charge in [0.15, 0.2) is 5.16 Å². The van der Waals surface area contributed by atoms with Gasteiger partial charge in [-0.3, -0.25) is 0 Å². The maximum atomic E-state index is 4.10. The molecule has 0 saturated heterocycles.